The van der Waals surface area contributed by atoms with Crippen molar-refractivity contribution < 1.29 is 9.90 Å². The van der Waals surface area contributed by atoms with Gasteiger partial charge >= 0.3 is 5.97 Å². The summed E-state index contributed by atoms with van der Waals surface area (Å²) in [6.07, 6.45) is 4.08. The van der Waals surface area contributed by atoms with Gasteiger partial charge in [0.1, 0.15) is 0 Å². The van der Waals surface area contributed by atoms with Crippen molar-refractivity contribution in [3.05, 3.63) is 28.0 Å². The zero-order valence-corrected chi connectivity index (χ0v) is 11.8. The topological polar surface area (TPSA) is 37.3 Å². The number of hydrogen-bond acceptors (Lipinski definition) is 3. The van der Waals surface area contributed by atoms with E-state index < -0.39 is 5.97 Å². The first-order valence-corrected chi connectivity index (χ1v) is 7.62. The Hall–Kier alpha value is -0.740. The molecule has 17 heavy (non-hydrogen) atoms. The molecule has 1 aromatic heterocycles. The number of thiophene rings is 1. The number of carboxylic acids is 1. The zero-order valence-electron chi connectivity index (χ0n) is 10.2. The van der Waals surface area contributed by atoms with Crippen molar-refractivity contribution >= 4 is 35.1 Å². The molecule has 0 fully saturated rings. The van der Waals surface area contributed by atoms with E-state index in [0.29, 0.717) is 0 Å². The number of carboxylic acid groups (broad SMARTS) is 1. The highest BCUT2D eigenvalue weighted by molar-refractivity contribution is 7.98. The second-order valence-corrected chi connectivity index (χ2v) is 6.52. The molecule has 0 atom stereocenters. The van der Waals surface area contributed by atoms with E-state index in [4.69, 9.17) is 5.11 Å². The van der Waals surface area contributed by atoms with Crippen LogP contribution < -0.4 is 0 Å². The lowest BCUT2D eigenvalue weighted by Gasteiger charge is -2.02. The molecule has 0 unspecified atom stereocenters. The van der Waals surface area contributed by atoms with Gasteiger partial charge in [-0.3, -0.25) is 0 Å². The molecule has 0 aliphatic rings. The van der Waals surface area contributed by atoms with Crippen molar-refractivity contribution in [1.29, 1.82) is 0 Å². The van der Waals surface area contributed by atoms with Crippen molar-refractivity contribution in [2.75, 3.05) is 5.75 Å². The highest BCUT2D eigenvalue weighted by Gasteiger charge is 2.00. The van der Waals surface area contributed by atoms with Crippen LogP contribution >= 0.6 is 23.1 Å². The molecule has 4 heteroatoms. The minimum Gasteiger partial charge on any atom is -0.478 e. The predicted molar refractivity (Wildman–Crippen MR) is 76.6 cm³/mol. The summed E-state index contributed by atoms with van der Waals surface area (Å²) in [5.41, 5.74) is 0. The Kier molecular flexibility index (Phi) is 6.37. The third-order valence-corrected chi connectivity index (χ3v) is 4.43. The van der Waals surface area contributed by atoms with Crippen LogP contribution in [0.2, 0.25) is 0 Å². The van der Waals surface area contributed by atoms with Gasteiger partial charge in [0.15, 0.2) is 0 Å². The van der Waals surface area contributed by atoms with Crippen LogP contribution in [0.25, 0.3) is 6.08 Å². The van der Waals surface area contributed by atoms with Crippen LogP contribution in [0.15, 0.2) is 18.2 Å². The minimum absolute atomic E-state index is 0.764. The maximum Gasteiger partial charge on any atom is 0.328 e. The van der Waals surface area contributed by atoms with Crippen LogP contribution in [0.5, 0.6) is 0 Å². The summed E-state index contributed by atoms with van der Waals surface area (Å²) in [4.78, 5) is 12.7. The van der Waals surface area contributed by atoms with Gasteiger partial charge in [0.2, 0.25) is 0 Å². The molecule has 0 bridgehead atoms. The van der Waals surface area contributed by atoms with Gasteiger partial charge in [-0.05, 0) is 36.3 Å². The van der Waals surface area contributed by atoms with E-state index in [1.165, 1.54) is 23.1 Å². The zero-order chi connectivity index (χ0) is 12.7. The van der Waals surface area contributed by atoms with Crippen molar-refractivity contribution in [2.45, 2.75) is 26.0 Å². The van der Waals surface area contributed by atoms with Crippen LogP contribution in [0.1, 0.15) is 30.0 Å². The molecule has 0 saturated heterocycles. The Balaban J connectivity index is 2.33. The molecule has 0 aliphatic carbocycles. The summed E-state index contributed by atoms with van der Waals surface area (Å²) >= 11 is 3.61. The Labute approximate surface area is 111 Å². The molecule has 1 heterocycles. The van der Waals surface area contributed by atoms with E-state index in [0.717, 1.165) is 16.5 Å². The smallest absolute Gasteiger partial charge is 0.328 e. The first kappa shape index (κ1) is 14.3. The minimum atomic E-state index is -0.897. The standard InChI is InChI=1S/C13H18O2S2/c1-10(2)7-8-16-9-12-4-3-11(17-12)5-6-13(14)15/h3-6,10H,7-9H2,1-2H3,(H,14,15)/b6-5+. The highest BCUT2D eigenvalue weighted by Crippen LogP contribution is 2.23. The summed E-state index contributed by atoms with van der Waals surface area (Å²) < 4.78 is 0. The average molecular weight is 270 g/mol. The lowest BCUT2D eigenvalue weighted by molar-refractivity contribution is -0.131. The SMILES string of the molecule is CC(C)CCSCc1ccc(/C=C/C(=O)O)s1. The number of thioether (sulfide) groups is 1. The fraction of sp³-hybridized carbons (Fsp3) is 0.462. The molecule has 0 spiro atoms. The normalized spacial score (nSPS) is 11.5. The molecule has 94 valence electrons. The number of carbonyl (C=O) groups is 1. The molecule has 1 aromatic rings. The van der Waals surface area contributed by atoms with E-state index in [1.54, 1.807) is 17.4 Å². The van der Waals surface area contributed by atoms with E-state index in [1.807, 2.05) is 17.8 Å². The summed E-state index contributed by atoms with van der Waals surface area (Å²) in [7, 11) is 0. The van der Waals surface area contributed by atoms with Crippen molar-refractivity contribution in [3.8, 4) is 0 Å². The van der Waals surface area contributed by atoms with Gasteiger partial charge in [-0.15, -0.1) is 11.3 Å². The number of aliphatic carboxylic acids is 1. The molecule has 0 radical (unpaired) electrons. The summed E-state index contributed by atoms with van der Waals surface area (Å²) in [5.74, 6) is 2.08. The molecule has 0 aromatic carbocycles. The van der Waals surface area contributed by atoms with Gasteiger partial charge in [-0.25, -0.2) is 4.79 Å². The molecule has 0 saturated carbocycles. The van der Waals surface area contributed by atoms with E-state index >= 15 is 0 Å². The molecule has 1 rings (SSSR count). The molecule has 2 nitrogen and oxygen atoms in total. The van der Waals surface area contributed by atoms with Gasteiger partial charge < -0.3 is 5.11 Å². The molecule has 0 amide bonds. The van der Waals surface area contributed by atoms with E-state index in [-0.39, 0.29) is 0 Å². The van der Waals surface area contributed by atoms with Crippen molar-refractivity contribution in [2.24, 2.45) is 5.92 Å². The third-order valence-electron chi connectivity index (χ3n) is 2.16. The predicted octanol–water partition coefficient (Wildman–Crippen LogP) is 4.13. The number of rotatable bonds is 7. The maximum absolute atomic E-state index is 10.4. The quantitative estimate of drug-likeness (QED) is 0.598. The first-order valence-electron chi connectivity index (χ1n) is 5.65. The Bertz CT molecular complexity index is 381. The third kappa shape index (κ3) is 6.54. The second kappa shape index (κ2) is 7.56. The van der Waals surface area contributed by atoms with Gasteiger partial charge in [-0.2, -0.15) is 11.8 Å². The lowest BCUT2D eigenvalue weighted by atomic mass is 10.2. The second-order valence-electron chi connectivity index (χ2n) is 4.21. The number of hydrogen-bond donors (Lipinski definition) is 1. The van der Waals surface area contributed by atoms with Crippen molar-refractivity contribution in [3.63, 3.8) is 0 Å². The van der Waals surface area contributed by atoms with Gasteiger partial charge in [0, 0.05) is 21.6 Å². The van der Waals surface area contributed by atoms with Crippen LogP contribution in [-0.4, -0.2) is 16.8 Å². The molecular formula is C13H18O2S2. The lowest BCUT2D eigenvalue weighted by Crippen LogP contribution is -1.89. The Morgan fingerprint density at radius 1 is 1.53 bits per heavy atom. The highest BCUT2D eigenvalue weighted by atomic mass is 32.2. The molecule has 0 aliphatic heterocycles. The van der Waals surface area contributed by atoms with Crippen LogP contribution in [0.4, 0.5) is 0 Å². The van der Waals surface area contributed by atoms with Crippen molar-refractivity contribution in [1.82, 2.24) is 0 Å². The largest absolute Gasteiger partial charge is 0.478 e. The van der Waals surface area contributed by atoms with Gasteiger partial charge in [0.05, 0.1) is 0 Å². The molecule has 1 N–H and O–H groups in total. The fourth-order valence-corrected chi connectivity index (χ4v) is 3.48. The van der Waals surface area contributed by atoms with Gasteiger partial charge in [-0.1, -0.05) is 13.8 Å². The van der Waals surface area contributed by atoms with Crippen LogP contribution in [0.3, 0.4) is 0 Å². The molecular weight excluding hydrogens is 252 g/mol. The average Bonchev–Trinajstić information content (AvgIpc) is 2.69. The Morgan fingerprint density at radius 2 is 2.29 bits per heavy atom. The van der Waals surface area contributed by atoms with Gasteiger partial charge in [0.25, 0.3) is 0 Å². The summed E-state index contributed by atoms with van der Waals surface area (Å²) in [5, 5.41) is 8.52. The van der Waals surface area contributed by atoms with Crippen LogP contribution in [0, 0.1) is 5.92 Å². The monoisotopic (exact) mass is 270 g/mol. The maximum atomic E-state index is 10.4. The summed E-state index contributed by atoms with van der Waals surface area (Å²) in [6.45, 7) is 4.47. The van der Waals surface area contributed by atoms with E-state index in [2.05, 4.69) is 19.9 Å². The van der Waals surface area contributed by atoms with E-state index in [9.17, 15) is 4.79 Å². The Morgan fingerprint density at radius 3 is 2.94 bits per heavy atom. The fourth-order valence-electron chi connectivity index (χ4n) is 1.21. The van der Waals surface area contributed by atoms with Crippen LogP contribution in [-0.2, 0) is 10.5 Å². The summed E-state index contributed by atoms with van der Waals surface area (Å²) in [6, 6.07) is 4.05. The first-order chi connectivity index (χ1) is 8.08.